The van der Waals surface area contributed by atoms with E-state index in [9.17, 15) is 19.7 Å². The second kappa shape index (κ2) is 8.36. The minimum absolute atomic E-state index is 0.0408. The molecule has 3 rings (SSSR count). The van der Waals surface area contributed by atoms with Gasteiger partial charge in [0, 0.05) is 36.7 Å². The highest BCUT2D eigenvalue weighted by Crippen LogP contribution is 2.34. The predicted molar refractivity (Wildman–Crippen MR) is 108 cm³/mol. The number of amides is 1. The topological polar surface area (TPSA) is 114 Å². The molecule has 0 atom stereocenters. The average molecular weight is 418 g/mol. The molecule has 28 heavy (non-hydrogen) atoms. The summed E-state index contributed by atoms with van der Waals surface area (Å²) in [6.45, 7) is 0.241. The van der Waals surface area contributed by atoms with E-state index >= 15 is 0 Å². The molecule has 144 valence electrons. The van der Waals surface area contributed by atoms with Crippen molar-refractivity contribution in [2.24, 2.45) is 0 Å². The van der Waals surface area contributed by atoms with Crippen molar-refractivity contribution in [1.29, 1.82) is 0 Å². The molecule has 1 fully saturated rings. The van der Waals surface area contributed by atoms with Crippen molar-refractivity contribution in [3.05, 3.63) is 57.2 Å². The lowest BCUT2D eigenvalue weighted by Crippen LogP contribution is -2.29. The molecule has 0 radical (unpaired) electrons. The second-order valence-corrected chi connectivity index (χ2v) is 7.52. The minimum atomic E-state index is -0.926. The van der Waals surface area contributed by atoms with E-state index in [-0.39, 0.29) is 24.6 Å². The number of carboxylic acid groups (broad SMARTS) is 1. The first-order valence-corrected chi connectivity index (χ1v) is 9.39. The van der Waals surface area contributed by atoms with Gasteiger partial charge in [-0.1, -0.05) is 36.1 Å². The molecule has 1 N–H and O–H groups in total. The number of benzene rings is 1. The van der Waals surface area contributed by atoms with E-state index in [1.807, 2.05) is 0 Å². The first kappa shape index (κ1) is 19.8. The van der Waals surface area contributed by atoms with Gasteiger partial charge in [0.15, 0.2) is 0 Å². The van der Waals surface area contributed by atoms with Crippen LogP contribution in [0.2, 0.25) is 0 Å². The Kier molecular flexibility index (Phi) is 5.90. The summed E-state index contributed by atoms with van der Waals surface area (Å²) in [7, 11) is 0. The Labute approximate surface area is 169 Å². The number of hydrogen-bond donors (Lipinski definition) is 1. The van der Waals surface area contributed by atoms with Crippen LogP contribution < -0.4 is 0 Å². The molecule has 1 saturated heterocycles. The summed E-state index contributed by atoms with van der Waals surface area (Å²) in [4.78, 5) is 35.3. The van der Waals surface area contributed by atoms with Gasteiger partial charge in [-0.3, -0.25) is 24.6 Å². The van der Waals surface area contributed by atoms with E-state index in [1.165, 1.54) is 17.0 Å². The Hall–Kier alpha value is -2.98. The van der Waals surface area contributed by atoms with Crippen molar-refractivity contribution in [2.45, 2.75) is 12.8 Å². The molecule has 10 heteroatoms. The Morgan fingerprint density at radius 1 is 1.36 bits per heavy atom. The molecule has 0 bridgehead atoms. The SMILES string of the molecule is O=C(O)CCCN1C(=O)C(=Cc2ccc(-c3cccc([N+](=O)[O-])c3)o2)SC1=S. The molecule has 1 aliphatic rings. The standard InChI is InChI=1S/C18H14N2O6S2/c21-16(22)5-2-8-19-17(23)15(28-18(19)27)10-13-6-7-14(26-13)11-3-1-4-12(9-11)20(24)25/h1,3-4,6-7,9-10H,2,5,8H2,(H,21,22). The molecule has 1 aliphatic heterocycles. The van der Waals surface area contributed by atoms with E-state index in [1.54, 1.807) is 30.3 Å². The van der Waals surface area contributed by atoms with Crippen LogP contribution in [0.5, 0.6) is 0 Å². The fourth-order valence-corrected chi connectivity index (χ4v) is 3.86. The van der Waals surface area contributed by atoms with Crippen LogP contribution in [0.3, 0.4) is 0 Å². The molecule has 2 heterocycles. The van der Waals surface area contributed by atoms with Gasteiger partial charge in [-0.05, 0) is 18.6 Å². The Bertz CT molecular complexity index is 997. The maximum Gasteiger partial charge on any atom is 0.303 e. The number of nitro groups is 1. The number of thioether (sulfide) groups is 1. The number of rotatable bonds is 7. The third-order valence-corrected chi connectivity index (χ3v) is 5.27. The summed E-state index contributed by atoms with van der Waals surface area (Å²) in [5.74, 6) is -0.377. The summed E-state index contributed by atoms with van der Waals surface area (Å²) in [5.41, 5.74) is 0.507. The van der Waals surface area contributed by atoms with Gasteiger partial charge in [0.05, 0.1) is 9.83 Å². The minimum Gasteiger partial charge on any atom is -0.481 e. The number of non-ortho nitro benzene ring substituents is 1. The lowest BCUT2D eigenvalue weighted by molar-refractivity contribution is -0.384. The van der Waals surface area contributed by atoms with Gasteiger partial charge in [-0.2, -0.15) is 0 Å². The van der Waals surface area contributed by atoms with Crippen LogP contribution in [0, 0.1) is 10.1 Å². The number of carbonyl (C=O) groups is 2. The van der Waals surface area contributed by atoms with Gasteiger partial charge in [-0.15, -0.1) is 0 Å². The highest BCUT2D eigenvalue weighted by molar-refractivity contribution is 8.26. The number of hydrogen-bond acceptors (Lipinski definition) is 7. The van der Waals surface area contributed by atoms with Crippen LogP contribution in [0.4, 0.5) is 5.69 Å². The van der Waals surface area contributed by atoms with Gasteiger partial charge >= 0.3 is 5.97 Å². The van der Waals surface area contributed by atoms with E-state index < -0.39 is 10.9 Å². The number of aliphatic carboxylic acids is 1. The largest absolute Gasteiger partial charge is 0.481 e. The quantitative estimate of drug-likeness (QED) is 0.311. The summed E-state index contributed by atoms with van der Waals surface area (Å²) in [5, 5.41) is 19.6. The first-order chi connectivity index (χ1) is 13.3. The van der Waals surface area contributed by atoms with Crippen molar-refractivity contribution in [2.75, 3.05) is 6.54 Å². The molecule has 1 aromatic heterocycles. The number of carboxylic acids is 1. The van der Waals surface area contributed by atoms with E-state index in [2.05, 4.69) is 0 Å². The maximum absolute atomic E-state index is 12.5. The second-order valence-electron chi connectivity index (χ2n) is 5.84. The zero-order valence-electron chi connectivity index (χ0n) is 14.4. The smallest absolute Gasteiger partial charge is 0.303 e. The van der Waals surface area contributed by atoms with Crippen molar-refractivity contribution < 1.29 is 24.0 Å². The van der Waals surface area contributed by atoms with Crippen LogP contribution in [-0.4, -0.2) is 37.7 Å². The highest BCUT2D eigenvalue weighted by atomic mass is 32.2. The molecule has 0 saturated carbocycles. The van der Waals surface area contributed by atoms with Gasteiger partial charge in [0.25, 0.3) is 11.6 Å². The van der Waals surface area contributed by atoms with Gasteiger partial charge in [-0.25, -0.2) is 0 Å². The van der Waals surface area contributed by atoms with Gasteiger partial charge in [0.2, 0.25) is 0 Å². The monoisotopic (exact) mass is 418 g/mol. The Balaban J connectivity index is 1.75. The summed E-state index contributed by atoms with van der Waals surface area (Å²) < 4.78 is 6.06. The third kappa shape index (κ3) is 4.46. The normalized spacial score (nSPS) is 15.4. The van der Waals surface area contributed by atoms with Gasteiger partial charge in [0.1, 0.15) is 15.8 Å². The lowest BCUT2D eigenvalue weighted by atomic mass is 10.1. The molecule has 0 spiro atoms. The van der Waals surface area contributed by atoms with Crippen LogP contribution in [0.25, 0.3) is 17.4 Å². The molecular weight excluding hydrogens is 404 g/mol. The van der Waals surface area contributed by atoms with Crippen LogP contribution in [0.1, 0.15) is 18.6 Å². The van der Waals surface area contributed by atoms with Gasteiger partial charge < -0.3 is 9.52 Å². The average Bonchev–Trinajstić information content (AvgIpc) is 3.22. The van der Waals surface area contributed by atoms with E-state index in [4.69, 9.17) is 21.7 Å². The highest BCUT2D eigenvalue weighted by Gasteiger charge is 2.32. The molecular formula is C18H14N2O6S2. The molecule has 1 aromatic carbocycles. The van der Waals surface area contributed by atoms with E-state index in [0.717, 1.165) is 11.8 Å². The van der Waals surface area contributed by atoms with E-state index in [0.29, 0.717) is 32.7 Å². The summed E-state index contributed by atoms with van der Waals surface area (Å²) in [6, 6.07) is 9.38. The Morgan fingerprint density at radius 3 is 2.86 bits per heavy atom. The fraction of sp³-hybridized carbons (Fsp3) is 0.167. The number of nitro benzene ring substituents is 1. The van der Waals surface area contributed by atoms with Crippen molar-refractivity contribution in [1.82, 2.24) is 4.90 Å². The lowest BCUT2D eigenvalue weighted by Gasteiger charge is -2.13. The molecule has 0 unspecified atom stereocenters. The maximum atomic E-state index is 12.5. The zero-order chi connectivity index (χ0) is 20.3. The van der Waals surface area contributed by atoms with Crippen molar-refractivity contribution in [3.63, 3.8) is 0 Å². The first-order valence-electron chi connectivity index (χ1n) is 8.17. The van der Waals surface area contributed by atoms with Crippen molar-refractivity contribution >= 4 is 51.9 Å². The zero-order valence-corrected chi connectivity index (χ0v) is 16.0. The van der Waals surface area contributed by atoms with Crippen LogP contribution in [0.15, 0.2) is 45.7 Å². The molecule has 1 amide bonds. The number of nitrogens with zero attached hydrogens (tertiary/aromatic N) is 2. The number of furan rings is 1. The van der Waals surface area contributed by atoms with Crippen LogP contribution >= 0.6 is 24.0 Å². The molecule has 2 aromatic rings. The number of thiocarbonyl (C=S) groups is 1. The summed E-state index contributed by atoms with van der Waals surface area (Å²) >= 11 is 6.31. The fourth-order valence-electron chi connectivity index (χ4n) is 2.57. The predicted octanol–water partition coefficient (Wildman–Crippen LogP) is 3.92. The third-order valence-electron chi connectivity index (χ3n) is 3.89. The Morgan fingerprint density at radius 2 is 2.14 bits per heavy atom. The van der Waals surface area contributed by atoms with Crippen molar-refractivity contribution in [3.8, 4) is 11.3 Å². The molecule has 8 nitrogen and oxygen atoms in total. The van der Waals surface area contributed by atoms with Crippen LogP contribution in [-0.2, 0) is 9.59 Å². The molecule has 0 aliphatic carbocycles. The number of carbonyl (C=O) groups excluding carboxylic acids is 1. The summed E-state index contributed by atoms with van der Waals surface area (Å²) in [6.07, 6.45) is 1.82.